The molecule has 0 saturated carbocycles. The van der Waals surface area contributed by atoms with E-state index in [2.05, 4.69) is 22.5 Å². The van der Waals surface area contributed by atoms with Crippen LogP contribution in [0, 0.1) is 0 Å². The zero-order valence-electron chi connectivity index (χ0n) is 11.3. The number of hydrogen-bond acceptors (Lipinski definition) is 4. The number of aromatic nitrogens is 1. The van der Waals surface area contributed by atoms with Crippen LogP contribution in [0.5, 0.6) is 0 Å². The first-order valence-corrected chi connectivity index (χ1v) is 6.73. The van der Waals surface area contributed by atoms with Gasteiger partial charge in [0.15, 0.2) is 0 Å². The minimum absolute atomic E-state index is 0.145. The molecule has 1 aromatic heterocycles. The molecule has 0 saturated heterocycles. The fourth-order valence-corrected chi connectivity index (χ4v) is 2.31. The molecule has 0 spiro atoms. The minimum atomic E-state index is 0.145. The molecule has 4 nitrogen and oxygen atoms in total. The van der Waals surface area contributed by atoms with Crippen LogP contribution in [-0.4, -0.2) is 18.2 Å². The van der Waals surface area contributed by atoms with Crippen LogP contribution in [0.15, 0.2) is 36.7 Å². The second-order valence-corrected chi connectivity index (χ2v) is 4.50. The van der Waals surface area contributed by atoms with E-state index in [0.29, 0.717) is 0 Å². The molecule has 19 heavy (non-hydrogen) atoms. The number of ether oxygens (including phenoxy) is 1. The Kier molecular flexibility index (Phi) is 5.27. The number of rotatable bonds is 7. The zero-order valence-corrected chi connectivity index (χ0v) is 11.3. The lowest BCUT2D eigenvalue weighted by Crippen LogP contribution is -2.28. The van der Waals surface area contributed by atoms with Crippen molar-refractivity contribution in [1.82, 2.24) is 10.4 Å². The van der Waals surface area contributed by atoms with Crippen molar-refractivity contribution in [2.45, 2.75) is 25.8 Å². The average molecular weight is 259 g/mol. The first kappa shape index (κ1) is 13.9. The highest BCUT2D eigenvalue weighted by molar-refractivity contribution is 5.85. The topological polar surface area (TPSA) is 60.2 Å². The number of hydrazine groups is 1. The summed E-state index contributed by atoms with van der Waals surface area (Å²) in [6.45, 7) is 3.55. The van der Waals surface area contributed by atoms with Gasteiger partial charge in [0.1, 0.15) is 0 Å². The molecule has 1 heterocycles. The van der Waals surface area contributed by atoms with Crippen LogP contribution < -0.4 is 11.3 Å². The Morgan fingerprint density at radius 1 is 1.37 bits per heavy atom. The number of nitrogens with zero attached hydrogens (tertiary/aromatic N) is 1. The van der Waals surface area contributed by atoms with E-state index in [4.69, 9.17) is 10.6 Å². The Balaban J connectivity index is 2.16. The van der Waals surface area contributed by atoms with E-state index >= 15 is 0 Å². The van der Waals surface area contributed by atoms with Gasteiger partial charge in [-0.15, -0.1) is 0 Å². The predicted octanol–water partition coefficient (Wildman–Crippen LogP) is 2.56. The molecule has 0 radical (unpaired) electrons. The molecular formula is C15H21N3O. The molecule has 1 unspecified atom stereocenters. The monoisotopic (exact) mass is 259 g/mol. The van der Waals surface area contributed by atoms with Crippen LogP contribution in [0.1, 0.15) is 31.4 Å². The summed E-state index contributed by atoms with van der Waals surface area (Å²) in [7, 11) is 0. The maximum atomic E-state index is 5.70. The fraction of sp³-hybridized carbons (Fsp3) is 0.400. The Labute approximate surface area is 113 Å². The van der Waals surface area contributed by atoms with Crippen molar-refractivity contribution >= 4 is 10.8 Å². The number of nitrogens with one attached hydrogen (secondary N) is 1. The fourth-order valence-electron chi connectivity index (χ4n) is 2.31. The smallest absolute Gasteiger partial charge is 0.0467 e. The van der Waals surface area contributed by atoms with E-state index in [1.54, 1.807) is 0 Å². The molecular weight excluding hydrogens is 238 g/mol. The highest BCUT2D eigenvalue weighted by Crippen LogP contribution is 2.26. The van der Waals surface area contributed by atoms with E-state index in [9.17, 15) is 0 Å². The summed E-state index contributed by atoms with van der Waals surface area (Å²) < 4.78 is 5.37. The average Bonchev–Trinajstić information content (AvgIpc) is 2.47. The molecule has 0 aliphatic heterocycles. The van der Waals surface area contributed by atoms with Crippen molar-refractivity contribution < 1.29 is 4.74 Å². The first-order chi connectivity index (χ1) is 9.36. The van der Waals surface area contributed by atoms with E-state index < -0.39 is 0 Å². The Hall–Kier alpha value is -1.49. The maximum absolute atomic E-state index is 5.70. The lowest BCUT2D eigenvalue weighted by atomic mass is 9.97. The number of nitrogens with two attached hydrogens (primary N) is 1. The standard InChI is InChI=1S/C15H21N3O/c1-2-19-10-4-7-15(18-16)14-6-3-5-12-11-17-9-8-13(12)14/h3,5-6,8-9,11,15,18H,2,4,7,10,16H2,1H3. The maximum Gasteiger partial charge on any atom is 0.0467 e. The Morgan fingerprint density at radius 3 is 3.05 bits per heavy atom. The molecule has 4 heteroatoms. The number of benzene rings is 1. The van der Waals surface area contributed by atoms with E-state index in [1.807, 2.05) is 31.5 Å². The molecule has 3 N–H and O–H groups in total. The third-order valence-corrected chi connectivity index (χ3v) is 3.28. The highest BCUT2D eigenvalue weighted by atomic mass is 16.5. The second kappa shape index (κ2) is 7.19. The van der Waals surface area contributed by atoms with Crippen LogP contribution in [0.4, 0.5) is 0 Å². The molecule has 0 aliphatic carbocycles. The predicted molar refractivity (Wildman–Crippen MR) is 77.5 cm³/mol. The van der Waals surface area contributed by atoms with Crippen LogP contribution in [0.2, 0.25) is 0 Å². The first-order valence-electron chi connectivity index (χ1n) is 6.73. The molecule has 102 valence electrons. The quantitative estimate of drug-likeness (QED) is 0.456. The summed E-state index contributed by atoms with van der Waals surface area (Å²) in [6, 6.07) is 8.42. The summed E-state index contributed by atoms with van der Waals surface area (Å²) in [4.78, 5) is 4.15. The molecule has 2 aromatic rings. The van der Waals surface area contributed by atoms with Crippen molar-refractivity contribution in [1.29, 1.82) is 0 Å². The molecule has 1 aromatic carbocycles. The van der Waals surface area contributed by atoms with Crippen LogP contribution in [0.25, 0.3) is 10.8 Å². The third kappa shape index (κ3) is 3.50. The largest absolute Gasteiger partial charge is 0.382 e. The summed E-state index contributed by atoms with van der Waals surface area (Å²) in [5.74, 6) is 5.70. The van der Waals surface area contributed by atoms with Crippen molar-refractivity contribution in [2.24, 2.45) is 5.84 Å². The van der Waals surface area contributed by atoms with E-state index in [1.165, 1.54) is 10.9 Å². The van der Waals surface area contributed by atoms with Crippen LogP contribution in [0.3, 0.4) is 0 Å². The molecule has 2 rings (SSSR count). The van der Waals surface area contributed by atoms with Crippen molar-refractivity contribution in [3.05, 3.63) is 42.2 Å². The van der Waals surface area contributed by atoms with Gasteiger partial charge in [-0.25, -0.2) is 0 Å². The summed E-state index contributed by atoms with van der Waals surface area (Å²) in [5, 5.41) is 2.35. The molecule has 0 amide bonds. The molecule has 0 fully saturated rings. The van der Waals surface area contributed by atoms with E-state index in [-0.39, 0.29) is 6.04 Å². The number of fused-ring (bicyclic) bond motifs is 1. The van der Waals surface area contributed by atoms with Gasteiger partial charge in [-0.1, -0.05) is 18.2 Å². The lowest BCUT2D eigenvalue weighted by Gasteiger charge is -2.18. The second-order valence-electron chi connectivity index (χ2n) is 4.50. The van der Waals surface area contributed by atoms with Gasteiger partial charge in [-0.05, 0) is 36.8 Å². The Morgan fingerprint density at radius 2 is 2.26 bits per heavy atom. The lowest BCUT2D eigenvalue weighted by molar-refractivity contribution is 0.141. The van der Waals surface area contributed by atoms with E-state index in [0.717, 1.165) is 31.4 Å². The molecule has 1 atom stereocenters. The SMILES string of the molecule is CCOCCCC(NN)c1cccc2cnccc12. The summed E-state index contributed by atoms with van der Waals surface area (Å²) in [5.41, 5.74) is 4.13. The molecule has 0 bridgehead atoms. The van der Waals surface area contributed by atoms with Crippen molar-refractivity contribution in [3.63, 3.8) is 0 Å². The van der Waals surface area contributed by atoms with Gasteiger partial charge in [0, 0.05) is 37.0 Å². The van der Waals surface area contributed by atoms with Gasteiger partial charge in [0.2, 0.25) is 0 Å². The Bertz CT molecular complexity index is 510. The van der Waals surface area contributed by atoms with Gasteiger partial charge in [-0.3, -0.25) is 16.3 Å². The van der Waals surface area contributed by atoms with Crippen molar-refractivity contribution in [2.75, 3.05) is 13.2 Å². The van der Waals surface area contributed by atoms with Gasteiger partial charge < -0.3 is 4.74 Å². The van der Waals surface area contributed by atoms with Gasteiger partial charge >= 0.3 is 0 Å². The summed E-state index contributed by atoms with van der Waals surface area (Å²) >= 11 is 0. The zero-order chi connectivity index (χ0) is 13.5. The number of hydrogen-bond donors (Lipinski definition) is 2. The molecule has 0 aliphatic rings. The van der Waals surface area contributed by atoms with Crippen LogP contribution in [-0.2, 0) is 4.74 Å². The van der Waals surface area contributed by atoms with Crippen LogP contribution >= 0.6 is 0 Å². The summed E-state index contributed by atoms with van der Waals surface area (Å²) in [6.07, 6.45) is 5.65. The minimum Gasteiger partial charge on any atom is -0.382 e. The van der Waals surface area contributed by atoms with Gasteiger partial charge in [-0.2, -0.15) is 0 Å². The number of pyridine rings is 1. The van der Waals surface area contributed by atoms with Crippen molar-refractivity contribution in [3.8, 4) is 0 Å². The highest BCUT2D eigenvalue weighted by Gasteiger charge is 2.12. The van der Waals surface area contributed by atoms with Gasteiger partial charge in [0.05, 0.1) is 0 Å². The van der Waals surface area contributed by atoms with Gasteiger partial charge in [0.25, 0.3) is 0 Å². The third-order valence-electron chi connectivity index (χ3n) is 3.28. The normalized spacial score (nSPS) is 12.7.